The van der Waals surface area contributed by atoms with Crippen LogP contribution in [0.3, 0.4) is 0 Å². The van der Waals surface area contributed by atoms with Gasteiger partial charge >= 0.3 is 0 Å². The van der Waals surface area contributed by atoms with Gasteiger partial charge in [0.2, 0.25) is 0 Å². The first-order valence-corrected chi connectivity index (χ1v) is 8.97. The molecule has 0 spiro atoms. The van der Waals surface area contributed by atoms with Crippen molar-refractivity contribution in [3.63, 3.8) is 0 Å². The Morgan fingerprint density at radius 3 is 2.33 bits per heavy atom. The van der Waals surface area contributed by atoms with Crippen LogP contribution in [0, 0.1) is 5.82 Å². The highest BCUT2D eigenvalue weighted by atomic mass is 79.9. The molecule has 0 fully saturated rings. The molecule has 0 saturated carbocycles. The van der Waals surface area contributed by atoms with Gasteiger partial charge in [-0.3, -0.25) is 0 Å². The van der Waals surface area contributed by atoms with Crippen LogP contribution in [0.25, 0.3) is 0 Å². The molecule has 0 aromatic heterocycles. The van der Waals surface area contributed by atoms with Crippen molar-refractivity contribution < 1.29 is 13.9 Å². The summed E-state index contributed by atoms with van der Waals surface area (Å²) in [5.41, 5.74) is 1.81. The molecule has 0 aliphatic carbocycles. The average molecular weight is 396 g/mol. The highest BCUT2D eigenvalue weighted by Crippen LogP contribution is 2.33. The van der Waals surface area contributed by atoms with Crippen molar-refractivity contribution in [2.75, 3.05) is 19.8 Å². The van der Waals surface area contributed by atoms with Crippen molar-refractivity contribution in [3.8, 4) is 11.5 Å². The number of rotatable bonds is 9. The summed E-state index contributed by atoms with van der Waals surface area (Å²) in [4.78, 5) is 0. The summed E-state index contributed by atoms with van der Waals surface area (Å²) < 4.78 is 25.8. The fourth-order valence-corrected chi connectivity index (χ4v) is 2.86. The van der Waals surface area contributed by atoms with Crippen LogP contribution >= 0.6 is 15.9 Å². The molecule has 1 N–H and O–H groups in total. The third-order valence-electron chi connectivity index (χ3n) is 3.56. The van der Waals surface area contributed by atoms with Crippen molar-refractivity contribution >= 4 is 15.9 Å². The van der Waals surface area contributed by atoms with Gasteiger partial charge in [-0.05, 0) is 56.1 Å². The topological polar surface area (TPSA) is 30.5 Å². The second kappa shape index (κ2) is 9.64. The van der Waals surface area contributed by atoms with Crippen LogP contribution in [0.1, 0.15) is 25.0 Å². The molecule has 3 nitrogen and oxygen atoms in total. The van der Waals surface area contributed by atoms with Crippen LogP contribution in [0.2, 0.25) is 0 Å². The second-order valence-electron chi connectivity index (χ2n) is 5.27. The molecule has 0 unspecified atom stereocenters. The molecule has 0 aliphatic heterocycles. The zero-order valence-corrected chi connectivity index (χ0v) is 15.7. The van der Waals surface area contributed by atoms with Crippen molar-refractivity contribution in [2.45, 2.75) is 26.8 Å². The van der Waals surface area contributed by atoms with Crippen LogP contribution in [0.15, 0.2) is 40.9 Å². The van der Waals surface area contributed by atoms with E-state index in [-0.39, 0.29) is 5.82 Å². The Balaban J connectivity index is 1.96. The molecule has 0 atom stereocenters. The molecule has 24 heavy (non-hydrogen) atoms. The summed E-state index contributed by atoms with van der Waals surface area (Å²) in [7, 11) is 0. The summed E-state index contributed by atoms with van der Waals surface area (Å²) in [5.74, 6) is 1.33. The van der Waals surface area contributed by atoms with Crippen molar-refractivity contribution in [3.05, 3.63) is 57.8 Å². The van der Waals surface area contributed by atoms with Gasteiger partial charge in [0.1, 0.15) is 5.82 Å². The minimum atomic E-state index is -0.153. The van der Waals surface area contributed by atoms with Gasteiger partial charge in [0.05, 0.1) is 13.2 Å². The summed E-state index contributed by atoms with van der Waals surface area (Å²) in [6.07, 6.45) is 0.652. The van der Waals surface area contributed by atoms with E-state index < -0.39 is 0 Å². The first-order chi connectivity index (χ1) is 11.7. The van der Waals surface area contributed by atoms with Crippen molar-refractivity contribution in [1.29, 1.82) is 0 Å². The third kappa shape index (κ3) is 5.21. The van der Waals surface area contributed by atoms with E-state index in [0.717, 1.165) is 27.1 Å². The largest absolute Gasteiger partial charge is 0.490 e. The predicted octanol–water partition coefficient (Wildman–Crippen LogP) is 4.72. The maximum Gasteiger partial charge on any atom is 0.162 e. The molecule has 5 heteroatoms. The molecule has 2 aromatic rings. The van der Waals surface area contributed by atoms with Gasteiger partial charge in [-0.15, -0.1) is 0 Å². The number of benzene rings is 2. The van der Waals surface area contributed by atoms with Crippen LogP contribution in [-0.2, 0) is 13.0 Å². The van der Waals surface area contributed by atoms with Gasteiger partial charge in [-0.25, -0.2) is 4.39 Å². The summed E-state index contributed by atoms with van der Waals surface area (Å²) in [5, 5.41) is 3.35. The fourth-order valence-electron chi connectivity index (χ4n) is 2.40. The van der Waals surface area contributed by atoms with Crippen molar-refractivity contribution in [1.82, 2.24) is 5.32 Å². The zero-order chi connectivity index (χ0) is 17.4. The Morgan fingerprint density at radius 1 is 1.00 bits per heavy atom. The molecule has 0 aliphatic rings. The minimum absolute atomic E-state index is 0.153. The summed E-state index contributed by atoms with van der Waals surface area (Å²) in [6, 6.07) is 10.8. The molecule has 0 bridgehead atoms. The lowest BCUT2D eigenvalue weighted by atomic mass is 10.1. The lowest BCUT2D eigenvalue weighted by molar-refractivity contribution is 0.287. The lowest BCUT2D eigenvalue weighted by Gasteiger charge is -2.14. The van der Waals surface area contributed by atoms with Crippen LogP contribution in [-0.4, -0.2) is 19.8 Å². The number of halogens is 2. The van der Waals surface area contributed by atoms with E-state index >= 15 is 0 Å². The van der Waals surface area contributed by atoms with Gasteiger partial charge in [0, 0.05) is 11.0 Å². The smallest absolute Gasteiger partial charge is 0.162 e. The number of hydrogen-bond acceptors (Lipinski definition) is 3. The quantitative estimate of drug-likeness (QED) is 0.623. The van der Waals surface area contributed by atoms with Gasteiger partial charge < -0.3 is 14.8 Å². The molecular weight excluding hydrogens is 373 g/mol. The normalized spacial score (nSPS) is 10.7. The lowest BCUT2D eigenvalue weighted by Crippen LogP contribution is -2.17. The molecule has 2 aromatic carbocycles. The fraction of sp³-hybridized carbons (Fsp3) is 0.368. The monoisotopic (exact) mass is 395 g/mol. The number of ether oxygens (including phenoxy) is 2. The second-order valence-corrected chi connectivity index (χ2v) is 6.13. The van der Waals surface area contributed by atoms with E-state index in [1.165, 1.54) is 6.07 Å². The zero-order valence-electron chi connectivity index (χ0n) is 14.1. The van der Waals surface area contributed by atoms with Gasteiger partial charge in [-0.2, -0.15) is 0 Å². The van der Waals surface area contributed by atoms with Gasteiger partial charge in [-0.1, -0.05) is 34.1 Å². The van der Waals surface area contributed by atoms with E-state index in [9.17, 15) is 4.39 Å². The predicted molar refractivity (Wildman–Crippen MR) is 98.3 cm³/mol. The molecule has 2 rings (SSSR count). The third-order valence-corrected chi connectivity index (χ3v) is 4.30. The number of nitrogens with one attached hydrogen (secondary N) is 1. The van der Waals surface area contributed by atoms with E-state index in [1.54, 1.807) is 6.07 Å². The highest BCUT2D eigenvalue weighted by Gasteiger charge is 2.10. The maximum absolute atomic E-state index is 13.6. The Hall–Kier alpha value is -1.59. The van der Waals surface area contributed by atoms with E-state index in [1.807, 2.05) is 38.1 Å². The van der Waals surface area contributed by atoms with E-state index in [4.69, 9.17) is 9.47 Å². The number of hydrogen-bond donors (Lipinski definition) is 1. The van der Waals surface area contributed by atoms with Crippen molar-refractivity contribution in [2.24, 2.45) is 0 Å². The Bertz CT molecular complexity index is 664. The minimum Gasteiger partial charge on any atom is -0.490 e. The first-order valence-electron chi connectivity index (χ1n) is 8.17. The Kier molecular flexibility index (Phi) is 7.53. The Labute approximate surface area is 151 Å². The molecule has 0 radical (unpaired) electrons. The van der Waals surface area contributed by atoms with Crippen LogP contribution in [0.4, 0.5) is 4.39 Å². The van der Waals surface area contributed by atoms with Gasteiger partial charge in [0.15, 0.2) is 11.5 Å². The highest BCUT2D eigenvalue weighted by molar-refractivity contribution is 9.10. The SMILES string of the molecule is CCOc1cc(Br)c(CNCCc2ccccc2F)cc1OCC. The van der Waals surface area contributed by atoms with Gasteiger partial charge in [0.25, 0.3) is 0 Å². The first kappa shape index (κ1) is 18.7. The van der Waals surface area contributed by atoms with E-state index in [0.29, 0.717) is 32.7 Å². The molecular formula is C19H23BrFNO2. The maximum atomic E-state index is 13.6. The summed E-state index contributed by atoms with van der Waals surface area (Å²) >= 11 is 3.58. The molecule has 0 amide bonds. The van der Waals surface area contributed by atoms with E-state index in [2.05, 4.69) is 21.2 Å². The molecule has 130 valence electrons. The van der Waals surface area contributed by atoms with Crippen LogP contribution in [0.5, 0.6) is 11.5 Å². The molecule has 0 heterocycles. The standard InChI is InChI=1S/C19H23BrFNO2/c1-3-23-18-11-15(16(20)12-19(18)24-4-2)13-22-10-9-14-7-5-6-8-17(14)21/h5-8,11-12,22H,3-4,9-10,13H2,1-2H3. The summed E-state index contributed by atoms with van der Waals surface area (Å²) in [6.45, 7) is 6.44. The molecule has 0 saturated heterocycles. The Morgan fingerprint density at radius 2 is 1.67 bits per heavy atom. The van der Waals surface area contributed by atoms with Crippen LogP contribution < -0.4 is 14.8 Å². The average Bonchev–Trinajstić information content (AvgIpc) is 2.57.